The van der Waals surface area contributed by atoms with Crippen molar-refractivity contribution in [2.45, 2.75) is 44.5 Å². The number of ether oxygens (including phenoxy) is 2. The summed E-state index contributed by atoms with van der Waals surface area (Å²) in [6.45, 7) is 1.73. The summed E-state index contributed by atoms with van der Waals surface area (Å²) in [5, 5.41) is 13.9. The Labute approximate surface area is 141 Å². The van der Waals surface area contributed by atoms with Gasteiger partial charge in [-0.05, 0) is 30.5 Å². The number of hydrazone groups is 1. The van der Waals surface area contributed by atoms with Crippen LogP contribution in [0.1, 0.15) is 31.7 Å². The van der Waals surface area contributed by atoms with E-state index in [0.717, 1.165) is 0 Å². The highest BCUT2D eigenvalue weighted by atomic mass is 19.4. The maximum Gasteiger partial charge on any atom is 0.438 e. The molecule has 6 nitrogen and oxygen atoms in total. The summed E-state index contributed by atoms with van der Waals surface area (Å²) >= 11 is 0. The first-order chi connectivity index (χ1) is 11.7. The van der Waals surface area contributed by atoms with Crippen molar-refractivity contribution in [3.05, 3.63) is 23.8 Å². The van der Waals surface area contributed by atoms with E-state index in [-0.39, 0.29) is 36.8 Å². The first-order valence-corrected chi connectivity index (χ1v) is 7.81. The lowest BCUT2D eigenvalue weighted by Gasteiger charge is -2.32. The lowest BCUT2D eigenvalue weighted by molar-refractivity contribution is -0.302. The van der Waals surface area contributed by atoms with Crippen molar-refractivity contribution in [3.8, 4) is 11.5 Å². The van der Waals surface area contributed by atoms with E-state index in [1.165, 1.54) is 0 Å². The summed E-state index contributed by atoms with van der Waals surface area (Å²) < 4.78 is 50.1. The number of nitrogens with zero attached hydrogens (tertiary/aromatic N) is 2. The third kappa shape index (κ3) is 3.15. The summed E-state index contributed by atoms with van der Waals surface area (Å²) in [4.78, 5) is 12.3. The quantitative estimate of drug-likeness (QED) is 0.898. The molecule has 0 bridgehead atoms. The smallest absolute Gasteiger partial charge is 0.438 e. The highest BCUT2D eigenvalue weighted by molar-refractivity contribution is 5.90. The number of carbonyl (C=O) groups excluding carboxylic acids is 1. The fourth-order valence-electron chi connectivity index (χ4n) is 2.75. The Bertz CT molecular complexity index is 720. The molecule has 136 valence electrons. The number of carbonyl (C=O) groups is 1. The highest BCUT2D eigenvalue weighted by Crippen LogP contribution is 2.41. The lowest BCUT2D eigenvalue weighted by atomic mass is 10.0. The van der Waals surface area contributed by atoms with Gasteiger partial charge >= 0.3 is 6.18 Å². The molecule has 0 fully saturated rings. The molecule has 0 aliphatic carbocycles. The van der Waals surface area contributed by atoms with Crippen LogP contribution in [-0.4, -0.2) is 40.4 Å². The van der Waals surface area contributed by atoms with E-state index in [0.29, 0.717) is 17.1 Å². The average Bonchev–Trinajstić information content (AvgIpc) is 3.16. The number of amides is 1. The van der Waals surface area contributed by atoms with Gasteiger partial charge in [0.15, 0.2) is 11.5 Å². The van der Waals surface area contributed by atoms with Gasteiger partial charge < -0.3 is 14.6 Å². The van der Waals surface area contributed by atoms with E-state index in [1.807, 2.05) is 0 Å². The van der Waals surface area contributed by atoms with Gasteiger partial charge in [0.2, 0.25) is 12.7 Å². The molecule has 1 atom stereocenters. The third-order valence-corrected chi connectivity index (χ3v) is 4.21. The first-order valence-electron chi connectivity index (χ1n) is 7.81. The molecule has 2 aliphatic heterocycles. The second-order valence-corrected chi connectivity index (χ2v) is 5.90. The number of aliphatic hydroxyl groups is 1. The average molecular weight is 358 g/mol. The lowest BCUT2D eigenvalue weighted by Crippen LogP contribution is -2.56. The van der Waals surface area contributed by atoms with Crippen molar-refractivity contribution in [3.63, 3.8) is 0 Å². The van der Waals surface area contributed by atoms with E-state index in [4.69, 9.17) is 9.47 Å². The van der Waals surface area contributed by atoms with E-state index in [1.54, 1.807) is 25.1 Å². The minimum absolute atomic E-state index is 0.110. The molecular formula is C16H17F3N2O4. The van der Waals surface area contributed by atoms with Gasteiger partial charge in [0.05, 0.1) is 0 Å². The minimum atomic E-state index is -4.98. The van der Waals surface area contributed by atoms with Crippen LogP contribution in [0, 0.1) is 0 Å². The predicted molar refractivity (Wildman–Crippen MR) is 81.1 cm³/mol. The van der Waals surface area contributed by atoms with Crippen molar-refractivity contribution in [1.29, 1.82) is 0 Å². The molecule has 0 saturated heterocycles. The summed E-state index contributed by atoms with van der Waals surface area (Å²) in [5.41, 5.74) is -2.42. The molecule has 1 N–H and O–H groups in total. The fraction of sp³-hybridized carbons (Fsp3) is 0.500. The second-order valence-electron chi connectivity index (χ2n) is 5.90. The molecule has 0 radical (unpaired) electrons. The van der Waals surface area contributed by atoms with Crippen LogP contribution in [0.2, 0.25) is 0 Å². The van der Waals surface area contributed by atoms with Crippen molar-refractivity contribution in [2.75, 3.05) is 6.79 Å². The zero-order valence-electron chi connectivity index (χ0n) is 13.5. The van der Waals surface area contributed by atoms with Crippen LogP contribution in [0.3, 0.4) is 0 Å². The number of hydrogen-bond acceptors (Lipinski definition) is 5. The van der Waals surface area contributed by atoms with Gasteiger partial charge in [-0.25, -0.2) is 0 Å². The van der Waals surface area contributed by atoms with Crippen LogP contribution >= 0.6 is 0 Å². The number of rotatable bonds is 4. The van der Waals surface area contributed by atoms with E-state index < -0.39 is 24.2 Å². The summed E-state index contributed by atoms with van der Waals surface area (Å²) in [6, 6.07) is 5.06. The maximum absolute atomic E-state index is 13.2. The van der Waals surface area contributed by atoms with Crippen LogP contribution < -0.4 is 9.47 Å². The van der Waals surface area contributed by atoms with E-state index in [2.05, 4.69) is 5.10 Å². The monoisotopic (exact) mass is 358 g/mol. The molecule has 0 spiro atoms. The van der Waals surface area contributed by atoms with E-state index in [9.17, 15) is 23.1 Å². The normalized spacial score (nSPS) is 22.3. The Morgan fingerprint density at radius 2 is 2.08 bits per heavy atom. The van der Waals surface area contributed by atoms with Crippen molar-refractivity contribution < 1.29 is 32.5 Å². The second kappa shape index (κ2) is 6.21. The highest BCUT2D eigenvalue weighted by Gasteiger charge is 2.62. The topological polar surface area (TPSA) is 71.4 Å². The van der Waals surface area contributed by atoms with Crippen molar-refractivity contribution in [1.82, 2.24) is 5.01 Å². The number of halogens is 3. The van der Waals surface area contributed by atoms with E-state index >= 15 is 0 Å². The standard InChI is InChI=1S/C16H17F3N2O4/c1-2-11-8-15(23,16(17,18)19)21(20-11)14(22)6-4-10-3-5-12-13(7-10)25-9-24-12/h3,5,7,23H,2,4,6,8-9H2,1H3/t15-/m1/s1. The number of benzene rings is 1. The van der Waals surface area contributed by atoms with Gasteiger partial charge in [-0.1, -0.05) is 13.0 Å². The minimum Gasteiger partial charge on any atom is -0.454 e. The van der Waals surface area contributed by atoms with Crippen LogP contribution in [0.25, 0.3) is 0 Å². The molecule has 0 aromatic heterocycles. The molecule has 2 heterocycles. The van der Waals surface area contributed by atoms with Gasteiger partial charge in [-0.3, -0.25) is 4.79 Å². The van der Waals surface area contributed by atoms with Crippen molar-refractivity contribution >= 4 is 11.6 Å². The Kier molecular flexibility index (Phi) is 4.36. The van der Waals surface area contributed by atoms with Crippen LogP contribution in [0.4, 0.5) is 13.2 Å². The van der Waals surface area contributed by atoms with Gasteiger partial charge in [0.25, 0.3) is 5.72 Å². The van der Waals surface area contributed by atoms with Crippen LogP contribution in [0.5, 0.6) is 11.5 Å². The van der Waals surface area contributed by atoms with Crippen LogP contribution in [-0.2, 0) is 11.2 Å². The van der Waals surface area contributed by atoms with Gasteiger partial charge in [-0.15, -0.1) is 0 Å². The predicted octanol–water partition coefficient (Wildman–Crippen LogP) is 2.60. The van der Waals surface area contributed by atoms with Crippen molar-refractivity contribution in [2.24, 2.45) is 5.10 Å². The number of hydrogen-bond donors (Lipinski definition) is 1. The molecular weight excluding hydrogens is 341 g/mol. The molecule has 0 saturated carbocycles. The Hall–Kier alpha value is -2.29. The largest absolute Gasteiger partial charge is 0.454 e. The summed E-state index contributed by atoms with van der Waals surface area (Å²) in [7, 11) is 0. The van der Waals surface area contributed by atoms with Gasteiger partial charge in [-0.2, -0.15) is 23.3 Å². The van der Waals surface area contributed by atoms with Gasteiger partial charge in [0, 0.05) is 18.6 Å². The third-order valence-electron chi connectivity index (χ3n) is 4.21. The zero-order chi connectivity index (χ0) is 18.2. The number of aryl methyl sites for hydroxylation is 1. The van der Waals surface area contributed by atoms with Crippen LogP contribution in [0.15, 0.2) is 23.3 Å². The Balaban J connectivity index is 1.72. The molecule has 1 aromatic carbocycles. The molecule has 1 amide bonds. The molecule has 2 aliphatic rings. The SMILES string of the molecule is CCC1=NN(C(=O)CCc2ccc3c(c2)OCO3)[C@](O)(C(F)(F)F)C1. The summed E-state index contributed by atoms with van der Waals surface area (Å²) in [6.07, 6.45) is -5.51. The van der Waals surface area contributed by atoms with Gasteiger partial charge in [0.1, 0.15) is 0 Å². The Morgan fingerprint density at radius 1 is 1.36 bits per heavy atom. The number of alkyl halides is 3. The fourth-order valence-corrected chi connectivity index (χ4v) is 2.75. The summed E-state index contributed by atoms with van der Waals surface area (Å²) in [5.74, 6) is 0.225. The maximum atomic E-state index is 13.2. The number of fused-ring (bicyclic) bond motifs is 1. The molecule has 9 heteroatoms. The molecule has 0 unspecified atom stereocenters. The Morgan fingerprint density at radius 3 is 2.76 bits per heavy atom. The molecule has 3 rings (SSSR count). The zero-order valence-corrected chi connectivity index (χ0v) is 13.5. The molecule has 1 aromatic rings. The molecule has 25 heavy (non-hydrogen) atoms. The first kappa shape index (κ1) is 17.5.